The van der Waals surface area contributed by atoms with Gasteiger partial charge in [0.2, 0.25) is 0 Å². The van der Waals surface area contributed by atoms with Crippen molar-refractivity contribution in [2.24, 2.45) is 0 Å². The molecule has 0 heterocycles. The first-order valence-corrected chi connectivity index (χ1v) is 6.46. The van der Waals surface area contributed by atoms with Gasteiger partial charge in [0.05, 0.1) is 13.2 Å². The van der Waals surface area contributed by atoms with Gasteiger partial charge in [-0.3, -0.25) is 0 Å². The Morgan fingerprint density at radius 1 is 1.06 bits per heavy atom. The van der Waals surface area contributed by atoms with Gasteiger partial charge < -0.3 is 4.74 Å². The van der Waals surface area contributed by atoms with Crippen molar-refractivity contribution in [3.8, 4) is 11.8 Å². The third-order valence-corrected chi connectivity index (χ3v) is 3.69. The van der Waals surface area contributed by atoms with Crippen LogP contribution in [0.15, 0.2) is 59.5 Å². The molecule has 0 N–H and O–H groups in total. The molecule has 1 unspecified atom stereocenters. The Bertz CT molecular complexity index is 531. The van der Waals surface area contributed by atoms with E-state index in [1.807, 2.05) is 54.6 Å². The van der Waals surface area contributed by atoms with Crippen LogP contribution in [0, 0.1) is 11.3 Å². The molecular formula is C15H13NOS. The Morgan fingerprint density at radius 2 is 1.72 bits per heavy atom. The van der Waals surface area contributed by atoms with Crippen molar-refractivity contribution in [3.05, 3.63) is 60.2 Å². The number of methoxy groups -OCH3 is 1. The molecule has 2 aromatic rings. The summed E-state index contributed by atoms with van der Waals surface area (Å²) in [5.41, 5.74) is 1.03. The maximum absolute atomic E-state index is 9.25. The zero-order valence-electron chi connectivity index (χ0n) is 10.0. The lowest BCUT2D eigenvalue weighted by molar-refractivity contribution is 0.414. The van der Waals surface area contributed by atoms with Crippen LogP contribution in [0.3, 0.4) is 0 Å². The zero-order chi connectivity index (χ0) is 12.8. The van der Waals surface area contributed by atoms with Crippen molar-refractivity contribution in [2.75, 3.05) is 7.11 Å². The molecule has 90 valence electrons. The molecule has 0 spiro atoms. The van der Waals surface area contributed by atoms with Gasteiger partial charge in [-0.2, -0.15) is 5.26 Å². The average Bonchev–Trinajstić information content (AvgIpc) is 2.46. The van der Waals surface area contributed by atoms with Gasteiger partial charge in [0.25, 0.3) is 0 Å². The Hall–Kier alpha value is -1.92. The van der Waals surface area contributed by atoms with Crippen LogP contribution in [0.25, 0.3) is 0 Å². The number of hydrogen-bond donors (Lipinski definition) is 0. The molecule has 18 heavy (non-hydrogen) atoms. The molecule has 1 atom stereocenters. The molecule has 3 heteroatoms. The van der Waals surface area contributed by atoms with Crippen molar-refractivity contribution in [1.82, 2.24) is 0 Å². The maximum atomic E-state index is 9.25. The molecule has 0 fully saturated rings. The summed E-state index contributed by atoms with van der Waals surface area (Å²) in [5.74, 6) is 0.826. The predicted octanol–water partition coefficient (Wildman–Crippen LogP) is 4.05. The van der Waals surface area contributed by atoms with Gasteiger partial charge in [0, 0.05) is 4.90 Å². The van der Waals surface area contributed by atoms with E-state index in [0.29, 0.717) is 0 Å². The van der Waals surface area contributed by atoms with E-state index in [4.69, 9.17) is 4.74 Å². The Kier molecular flexibility index (Phi) is 4.27. The van der Waals surface area contributed by atoms with Crippen molar-refractivity contribution in [3.63, 3.8) is 0 Å². The van der Waals surface area contributed by atoms with Gasteiger partial charge in [-0.1, -0.05) is 30.3 Å². The van der Waals surface area contributed by atoms with Crippen LogP contribution < -0.4 is 4.74 Å². The summed E-state index contributed by atoms with van der Waals surface area (Å²) in [6.45, 7) is 0. The number of ether oxygens (including phenoxy) is 1. The van der Waals surface area contributed by atoms with Gasteiger partial charge >= 0.3 is 0 Å². The molecule has 0 radical (unpaired) electrons. The van der Waals surface area contributed by atoms with E-state index in [1.165, 1.54) is 0 Å². The molecule has 0 amide bonds. The molecule has 0 bridgehead atoms. The van der Waals surface area contributed by atoms with Crippen LogP contribution in [0.1, 0.15) is 10.8 Å². The number of nitriles is 1. The Labute approximate surface area is 111 Å². The third kappa shape index (κ3) is 3.06. The number of hydrogen-bond acceptors (Lipinski definition) is 3. The lowest BCUT2D eigenvalue weighted by Crippen LogP contribution is -1.90. The number of benzene rings is 2. The topological polar surface area (TPSA) is 33.0 Å². The van der Waals surface area contributed by atoms with Gasteiger partial charge in [-0.15, -0.1) is 11.8 Å². The van der Waals surface area contributed by atoms with Crippen molar-refractivity contribution < 1.29 is 4.74 Å². The van der Waals surface area contributed by atoms with Crippen LogP contribution in [-0.2, 0) is 0 Å². The van der Waals surface area contributed by atoms with Gasteiger partial charge in [0.1, 0.15) is 11.0 Å². The first kappa shape index (κ1) is 12.5. The second-order valence-corrected chi connectivity index (χ2v) is 4.89. The van der Waals surface area contributed by atoms with Crippen molar-refractivity contribution in [2.45, 2.75) is 10.1 Å². The zero-order valence-corrected chi connectivity index (χ0v) is 10.9. The molecule has 2 nitrogen and oxygen atoms in total. The van der Waals surface area contributed by atoms with Crippen LogP contribution in [0.5, 0.6) is 5.75 Å². The number of nitrogens with zero attached hydrogens (tertiary/aromatic N) is 1. The summed E-state index contributed by atoms with van der Waals surface area (Å²) in [6, 6.07) is 19.9. The number of thioether (sulfide) groups is 1. The van der Waals surface area contributed by atoms with Crippen LogP contribution in [-0.4, -0.2) is 7.11 Å². The normalized spacial score (nSPS) is 11.6. The van der Waals surface area contributed by atoms with E-state index in [2.05, 4.69) is 6.07 Å². The van der Waals surface area contributed by atoms with E-state index in [-0.39, 0.29) is 5.25 Å². The molecule has 0 aliphatic rings. The molecule has 0 saturated carbocycles. The summed E-state index contributed by atoms with van der Waals surface area (Å²) >= 11 is 1.54. The second-order valence-electron chi connectivity index (χ2n) is 3.71. The smallest absolute Gasteiger partial charge is 0.121 e. The summed E-state index contributed by atoms with van der Waals surface area (Å²) in [6.07, 6.45) is 0. The minimum absolute atomic E-state index is 0.181. The van der Waals surface area contributed by atoms with Crippen molar-refractivity contribution >= 4 is 11.8 Å². The van der Waals surface area contributed by atoms with Gasteiger partial charge in [-0.25, -0.2) is 0 Å². The van der Waals surface area contributed by atoms with Crippen LogP contribution >= 0.6 is 11.8 Å². The van der Waals surface area contributed by atoms with Gasteiger partial charge in [-0.05, 0) is 29.8 Å². The minimum atomic E-state index is -0.181. The van der Waals surface area contributed by atoms with E-state index in [9.17, 15) is 5.26 Å². The van der Waals surface area contributed by atoms with E-state index in [1.54, 1.807) is 18.9 Å². The second kappa shape index (κ2) is 6.13. The lowest BCUT2D eigenvalue weighted by atomic mass is 10.2. The van der Waals surface area contributed by atoms with E-state index >= 15 is 0 Å². The number of rotatable bonds is 4. The summed E-state index contributed by atoms with van der Waals surface area (Å²) in [7, 11) is 1.64. The highest BCUT2D eigenvalue weighted by Gasteiger charge is 2.11. The summed E-state index contributed by atoms with van der Waals surface area (Å²) < 4.78 is 5.11. The Morgan fingerprint density at radius 3 is 2.28 bits per heavy atom. The molecule has 2 aromatic carbocycles. The van der Waals surface area contributed by atoms with Crippen LogP contribution in [0.2, 0.25) is 0 Å². The highest BCUT2D eigenvalue weighted by Crippen LogP contribution is 2.35. The Balaban J connectivity index is 2.13. The molecular weight excluding hydrogens is 242 g/mol. The van der Waals surface area contributed by atoms with Crippen LogP contribution in [0.4, 0.5) is 0 Å². The molecule has 0 aromatic heterocycles. The molecule has 0 saturated heterocycles. The fraction of sp³-hybridized carbons (Fsp3) is 0.133. The molecule has 0 aliphatic heterocycles. The lowest BCUT2D eigenvalue weighted by Gasteiger charge is -2.09. The fourth-order valence-electron chi connectivity index (χ4n) is 1.59. The predicted molar refractivity (Wildman–Crippen MR) is 73.6 cm³/mol. The van der Waals surface area contributed by atoms with E-state index in [0.717, 1.165) is 16.2 Å². The summed E-state index contributed by atoms with van der Waals surface area (Å²) in [5, 5.41) is 9.07. The maximum Gasteiger partial charge on any atom is 0.121 e. The first-order chi connectivity index (χ1) is 8.83. The summed E-state index contributed by atoms with van der Waals surface area (Å²) in [4.78, 5) is 1.06. The highest BCUT2D eigenvalue weighted by molar-refractivity contribution is 7.99. The minimum Gasteiger partial charge on any atom is -0.497 e. The standard InChI is InChI=1S/C15H13NOS/c1-17-13-7-9-14(10-8-13)18-15(11-16)12-5-3-2-4-6-12/h2-10,15H,1H3. The molecule has 0 aliphatic carbocycles. The first-order valence-electron chi connectivity index (χ1n) is 5.59. The monoisotopic (exact) mass is 255 g/mol. The quantitative estimate of drug-likeness (QED) is 0.773. The highest BCUT2D eigenvalue weighted by atomic mass is 32.2. The van der Waals surface area contributed by atoms with Gasteiger partial charge in [0.15, 0.2) is 0 Å². The van der Waals surface area contributed by atoms with E-state index < -0.39 is 0 Å². The average molecular weight is 255 g/mol. The SMILES string of the molecule is COc1ccc(SC(C#N)c2ccccc2)cc1. The fourth-order valence-corrected chi connectivity index (χ4v) is 2.50. The molecule has 2 rings (SSSR count). The third-order valence-electron chi connectivity index (χ3n) is 2.53. The largest absolute Gasteiger partial charge is 0.497 e. The van der Waals surface area contributed by atoms with Crippen molar-refractivity contribution in [1.29, 1.82) is 5.26 Å².